The number of anilines is 2. The van der Waals surface area contributed by atoms with E-state index in [1.54, 1.807) is 44.4 Å². The van der Waals surface area contributed by atoms with Gasteiger partial charge in [0.25, 0.3) is 5.91 Å². The summed E-state index contributed by atoms with van der Waals surface area (Å²) in [5.74, 6) is 0.285. The number of benzene rings is 1. The molecule has 138 valence electrons. The predicted molar refractivity (Wildman–Crippen MR) is 97.5 cm³/mol. The molecule has 8 heteroatoms. The van der Waals surface area contributed by atoms with Gasteiger partial charge >= 0.3 is 5.97 Å². The van der Waals surface area contributed by atoms with Crippen molar-refractivity contribution in [2.24, 2.45) is 0 Å². The van der Waals surface area contributed by atoms with Gasteiger partial charge in [0.2, 0.25) is 0 Å². The molecule has 0 radical (unpaired) electrons. The van der Waals surface area contributed by atoms with E-state index >= 15 is 0 Å². The fraction of sp³-hybridized carbons (Fsp3) is 0.333. The van der Waals surface area contributed by atoms with Crippen molar-refractivity contribution in [1.29, 1.82) is 0 Å². The van der Waals surface area contributed by atoms with Gasteiger partial charge in [0.1, 0.15) is 17.3 Å². The summed E-state index contributed by atoms with van der Waals surface area (Å²) in [5.41, 5.74) is 1.21. The number of hydrogen-bond acceptors (Lipinski definition) is 7. The number of aromatic nitrogens is 2. The standard InChI is InChI=1S/C18H22N4O4/c1-12-20-15(11-16(21-12)19-9-4-10-25-2)17(23)22-14-7-5-13(6-8-14)18(24)26-3/h5-8,11H,4,9-10H2,1-3H3,(H,22,23)(H,19,20,21). The van der Waals surface area contributed by atoms with Gasteiger partial charge in [0.05, 0.1) is 12.7 Å². The smallest absolute Gasteiger partial charge is 0.337 e. The topological polar surface area (TPSA) is 102 Å². The number of rotatable bonds is 8. The summed E-state index contributed by atoms with van der Waals surface area (Å²) in [4.78, 5) is 32.3. The fourth-order valence-corrected chi connectivity index (χ4v) is 2.21. The van der Waals surface area contributed by atoms with Crippen LogP contribution in [0.3, 0.4) is 0 Å². The van der Waals surface area contributed by atoms with Crippen LogP contribution >= 0.6 is 0 Å². The molecule has 8 nitrogen and oxygen atoms in total. The molecule has 0 bridgehead atoms. The number of carbonyl (C=O) groups is 2. The van der Waals surface area contributed by atoms with Crippen molar-refractivity contribution in [3.05, 3.63) is 47.4 Å². The molecule has 0 aliphatic rings. The highest BCUT2D eigenvalue weighted by molar-refractivity contribution is 6.03. The maximum atomic E-state index is 12.4. The molecule has 2 rings (SSSR count). The Hall–Kier alpha value is -3.00. The van der Waals surface area contributed by atoms with E-state index in [0.717, 1.165) is 6.42 Å². The van der Waals surface area contributed by atoms with E-state index < -0.39 is 5.97 Å². The summed E-state index contributed by atoms with van der Waals surface area (Å²) < 4.78 is 9.64. The average molecular weight is 358 g/mol. The average Bonchev–Trinajstić information content (AvgIpc) is 2.65. The highest BCUT2D eigenvalue weighted by atomic mass is 16.5. The normalized spacial score (nSPS) is 10.3. The van der Waals surface area contributed by atoms with E-state index in [1.807, 2.05) is 0 Å². The van der Waals surface area contributed by atoms with Gasteiger partial charge in [-0.25, -0.2) is 14.8 Å². The Bertz CT molecular complexity index is 762. The lowest BCUT2D eigenvalue weighted by molar-refractivity contribution is 0.0600. The van der Waals surface area contributed by atoms with Crippen LogP contribution in [-0.2, 0) is 9.47 Å². The third kappa shape index (κ3) is 5.52. The van der Waals surface area contributed by atoms with Gasteiger partial charge < -0.3 is 20.1 Å². The van der Waals surface area contributed by atoms with Crippen LogP contribution in [0.5, 0.6) is 0 Å². The summed E-state index contributed by atoms with van der Waals surface area (Å²) in [7, 11) is 2.96. The number of methoxy groups -OCH3 is 2. The first kappa shape index (κ1) is 19.3. The van der Waals surface area contributed by atoms with E-state index in [0.29, 0.717) is 36.0 Å². The van der Waals surface area contributed by atoms with E-state index in [1.165, 1.54) is 7.11 Å². The zero-order chi connectivity index (χ0) is 18.9. The minimum Gasteiger partial charge on any atom is -0.465 e. The fourth-order valence-electron chi connectivity index (χ4n) is 2.21. The monoisotopic (exact) mass is 358 g/mol. The molecule has 0 fully saturated rings. The molecule has 1 amide bonds. The number of esters is 1. The quantitative estimate of drug-likeness (QED) is 0.551. The van der Waals surface area contributed by atoms with Crippen LogP contribution in [0.25, 0.3) is 0 Å². The third-order valence-corrected chi connectivity index (χ3v) is 3.47. The van der Waals surface area contributed by atoms with E-state index in [4.69, 9.17) is 4.74 Å². The number of ether oxygens (including phenoxy) is 2. The molecule has 2 aromatic rings. The van der Waals surface area contributed by atoms with Gasteiger partial charge in [-0.2, -0.15) is 0 Å². The Labute approximate surface area is 151 Å². The van der Waals surface area contributed by atoms with Crippen LogP contribution in [-0.4, -0.2) is 49.2 Å². The summed E-state index contributed by atoms with van der Waals surface area (Å²) in [6.07, 6.45) is 0.827. The van der Waals surface area contributed by atoms with Gasteiger partial charge in [-0.1, -0.05) is 0 Å². The maximum Gasteiger partial charge on any atom is 0.337 e. The Morgan fingerprint density at radius 2 is 1.85 bits per heavy atom. The summed E-state index contributed by atoms with van der Waals surface area (Å²) in [5, 5.41) is 5.89. The van der Waals surface area contributed by atoms with Gasteiger partial charge in [0, 0.05) is 32.0 Å². The number of nitrogens with one attached hydrogen (secondary N) is 2. The summed E-state index contributed by atoms with van der Waals surface area (Å²) in [6, 6.07) is 8.01. The molecule has 0 spiro atoms. The van der Waals surface area contributed by atoms with Crippen molar-refractivity contribution in [3.8, 4) is 0 Å². The zero-order valence-corrected chi connectivity index (χ0v) is 15.0. The van der Waals surface area contributed by atoms with Gasteiger partial charge in [-0.3, -0.25) is 4.79 Å². The lowest BCUT2D eigenvalue weighted by Crippen LogP contribution is -2.16. The van der Waals surface area contributed by atoms with Crippen LogP contribution in [0, 0.1) is 6.92 Å². The molecule has 1 aromatic heterocycles. The first-order chi connectivity index (χ1) is 12.5. The highest BCUT2D eigenvalue weighted by Crippen LogP contribution is 2.13. The number of amides is 1. The maximum absolute atomic E-state index is 12.4. The van der Waals surface area contributed by atoms with Gasteiger partial charge in [-0.15, -0.1) is 0 Å². The second-order valence-corrected chi connectivity index (χ2v) is 5.48. The van der Waals surface area contributed by atoms with Crippen molar-refractivity contribution >= 4 is 23.4 Å². The summed E-state index contributed by atoms with van der Waals surface area (Å²) >= 11 is 0. The molecular weight excluding hydrogens is 336 g/mol. The van der Waals surface area contributed by atoms with Gasteiger partial charge in [0.15, 0.2) is 0 Å². The van der Waals surface area contributed by atoms with Crippen molar-refractivity contribution in [3.63, 3.8) is 0 Å². The minimum atomic E-state index is -0.432. The largest absolute Gasteiger partial charge is 0.465 e. The first-order valence-corrected chi connectivity index (χ1v) is 8.11. The van der Waals surface area contributed by atoms with Crippen LogP contribution < -0.4 is 10.6 Å². The van der Waals surface area contributed by atoms with E-state index in [-0.39, 0.29) is 11.6 Å². The van der Waals surface area contributed by atoms with Gasteiger partial charge in [-0.05, 0) is 37.6 Å². The molecule has 0 aliphatic carbocycles. The number of carbonyl (C=O) groups excluding carboxylic acids is 2. The van der Waals surface area contributed by atoms with Crippen LogP contribution in [0.2, 0.25) is 0 Å². The number of nitrogens with zero attached hydrogens (tertiary/aromatic N) is 2. The lowest BCUT2D eigenvalue weighted by atomic mass is 10.2. The van der Waals surface area contributed by atoms with Crippen LogP contribution in [0.15, 0.2) is 30.3 Å². The van der Waals surface area contributed by atoms with Crippen molar-refractivity contribution in [1.82, 2.24) is 9.97 Å². The number of aryl methyl sites for hydroxylation is 1. The number of hydrogen-bond donors (Lipinski definition) is 2. The zero-order valence-electron chi connectivity index (χ0n) is 15.0. The first-order valence-electron chi connectivity index (χ1n) is 8.11. The molecule has 2 N–H and O–H groups in total. The Morgan fingerprint density at radius 1 is 1.12 bits per heavy atom. The van der Waals surface area contributed by atoms with E-state index in [9.17, 15) is 9.59 Å². The predicted octanol–water partition coefficient (Wildman–Crippen LogP) is 2.27. The molecule has 26 heavy (non-hydrogen) atoms. The molecular formula is C18H22N4O4. The van der Waals surface area contributed by atoms with Crippen LogP contribution in [0.1, 0.15) is 33.1 Å². The van der Waals surface area contributed by atoms with Crippen LogP contribution in [0.4, 0.5) is 11.5 Å². The molecule has 0 saturated carbocycles. The van der Waals surface area contributed by atoms with Crippen molar-refractivity contribution < 1.29 is 19.1 Å². The second kappa shape index (κ2) is 9.47. The second-order valence-electron chi connectivity index (χ2n) is 5.48. The molecule has 1 aromatic carbocycles. The lowest BCUT2D eigenvalue weighted by Gasteiger charge is -2.09. The Balaban J connectivity index is 2.04. The molecule has 0 aliphatic heterocycles. The highest BCUT2D eigenvalue weighted by Gasteiger charge is 2.12. The van der Waals surface area contributed by atoms with E-state index in [2.05, 4.69) is 25.3 Å². The van der Waals surface area contributed by atoms with Crippen molar-refractivity contribution in [2.75, 3.05) is 38.0 Å². The molecule has 0 atom stereocenters. The molecule has 0 saturated heterocycles. The minimum absolute atomic E-state index is 0.254. The Kier molecular flexibility index (Phi) is 7.04. The molecule has 1 heterocycles. The molecule has 0 unspecified atom stereocenters. The third-order valence-electron chi connectivity index (χ3n) is 3.47. The Morgan fingerprint density at radius 3 is 2.50 bits per heavy atom. The SMILES string of the molecule is COCCCNc1cc(C(=O)Nc2ccc(C(=O)OC)cc2)nc(C)n1. The van der Waals surface area contributed by atoms with Crippen molar-refractivity contribution in [2.45, 2.75) is 13.3 Å². The summed E-state index contributed by atoms with van der Waals surface area (Å²) in [6.45, 7) is 3.05.